The fourth-order valence-corrected chi connectivity index (χ4v) is 3.76. The predicted octanol–water partition coefficient (Wildman–Crippen LogP) is 2.35. The predicted molar refractivity (Wildman–Crippen MR) is 74.6 cm³/mol. The van der Waals surface area contributed by atoms with Crippen LogP contribution in [0.1, 0.15) is 32.5 Å². The normalized spacial score (nSPS) is 24.7. The van der Waals surface area contributed by atoms with E-state index in [2.05, 4.69) is 59.9 Å². The molecule has 1 N–H and O–H groups in total. The van der Waals surface area contributed by atoms with Crippen LogP contribution >= 0.6 is 11.8 Å². The molecule has 0 aliphatic carbocycles. The highest BCUT2D eigenvalue weighted by Crippen LogP contribution is 2.27. The number of nitrogens with zero attached hydrogens (tertiary/aromatic N) is 2. The van der Waals surface area contributed by atoms with E-state index in [1.807, 2.05) is 0 Å². The van der Waals surface area contributed by atoms with Crippen LogP contribution < -0.4 is 5.32 Å². The summed E-state index contributed by atoms with van der Waals surface area (Å²) in [6.45, 7) is 7.60. The Kier molecular flexibility index (Phi) is 4.51. The number of thioether (sulfide) groups is 1. The molecular weight excluding hydrogens is 230 g/mol. The van der Waals surface area contributed by atoms with E-state index in [0.29, 0.717) is 12.1 Å². The Balaban J connectivity index is 1.94. The van der Waals surface area contributed by atoms with Gasteiger partial charge in [-0.2, -0.15) is 16.9 Å². The minimum Gasteiger partial charge on any atom is -0.313 e. The van der Waals surface area contributed by atoms with Gasteiger partial charge in [-0.1, -0.05) is 6.92 Å². The molecule has 4 heteroatoms. The van der Waals surface area contributed by atoms with Crippen LogP contribution in [0, 0.1) is 5.92 Å². The Morgan fingerprint density at radius 1 is 1.53 bits per heavy atom. The molecule has 96 valence electrons. The van der Waals surface area contributed by atoms with Crippen LogP contribution in [0.2, 0.25) is 0 Å². The Bertz CT molecular complexity index is 348. The van der Waals surface area contributed by atoms with Gasteiger partial charge in [-0.25, -0.2) is 0 Å². The molecule has 0 bridgehead atoms. The first kappa shape index (κ1) is 13.0. The van der Waals surface area contributed by atoms with Crippen LogP contribution in [0.25, 0.3) is 0 Å². The van der Waals surface area contributed by atoms with Gasteiger partial charge in [0.25, 0.3) is 0 Å². The van der Waals surface area contributed by atoms with Gasteiger partial charge in [0.15, 0.2) is 0 Å². The minimum absolute atomic E-state index is 0.464. The van der Waals surface area contributed by atoms with Crippen molar-refractivity contribution < 1.29 is 0 Å². The lowest BCUT2D eigenvalue weighted by molar-refractivity contribution is 0.426. The van der Waals surface area contributed by atoms with E-state index in [0.717, 1.165) is 18.9 Å². The van der Waals surface area contributed by atoms with Crippen LogP contribution in [-0.2, 0) is 6.42 Å². The van der Waals surface area contributed by atoms with Gasteiger partial charge in [0.05, 0.1) is 5.69 Å². The van der Waals surface area contributed by atoms with E-state index in [9.17, 15) is 0 Å². The zero-order valence-electron chi connectivity index (χ0n) is 11.0. The Hall–Kier alpha value is -0.480. The third-order valence-corrected chi connectivity index (χ3v) is 4.59. The first-order valence-electron chi connectivity index (χ1n) is 6.56. The molecule has 1 aromatic rings. The maximum atomic E-state index is 4.65. The van der Waals surface area contributed by atoms with Crippen LogP contribution in [-0.4, -0.2) is 33.9 Å². The first-order chi connectivity index (χ1) is 8.20. The van der Waals surface area contributed by atoms with Gasteiger partial charge in [-0.05, 0) is 44.6 Å². The standard InChI is InChI=1S/C13H23N3S/c1-4-14-13-9-17-8-11(13)7-12-5-6-16(15-12)10(2)3/h5-6,10-11,13-14H,4,7-9H2,1-3H3. The van der Waals surface area contributed by atoms with Gasteiger partial charge in [0.1, 0.15) is 0 Å². The molecule has 1 aliphatic heterocycles. The van der Waals surface area contributed by atoms with Gasteiger partial charge >= 0.3 is 0 Å². The van der Waals surface area contributed by atoms with Gasteiger partial charge < -0.3 is 5.32 Å². The number of nitrogens with one attached hydrogen (secondary N) is 1. The molecule has 1 saturated heterocycles. The lowest BCUT2D eigenvalue weighted by Crippen LogP contribution is -2.36. The summed E-state index contributed by atoms with van der Waals surface area (Å²) in [7, 11) is 0. The molecule has 1 aliphatic rings. The van der Waals surface area contributed by atoms with Crippen molar-refractivity contribution in [2.24, 2.45) is 5.92 Å². The molecule has 2 rings (SSSR count). The fourth-order valence-electron chi connectivity index (χ4n) is 2.33. The molecule has 0 amide bonds. The van der Waals surface area contributed by atoms with Crippen molar-refractivity contribution in [3.8, 4) is 0 Å². The summed E-state index contributed by atoms with van der Waals surface area (Å²) in [5, 5.41) is 8.24. The van der Waals surface area contributed by atoms with Gasteiger partial charge in [-0.15, -0.1) is 0 Å². The molecule has 0 spiro atoms. The van der Waals surface area contributed by atoms with E-state index < -0.39 is 0 Å². The summed E-state index contributed by atoms with van der Waals surface area (Å²) >= 11 is 2.07. The molecule has 0 radical (unpaired) electrons. The van der Waals surface area contributed by atoms with Crippen molar-refractivity contribution in [3.05, 3.63) is 18.0 Å². The Labute approximate surface area is 108 Å². The second kappa shape index (κ2) is 5.91. The second-order valence-electron chi connectivity index (χ2n) is 5.05. The van der Waals surface area contributed by atoms with Crippen molar-refractivity contribution in [1.29, 1.82) is 0 Å². The van der Waals surface area contributed by atoms with Crippen LogP contribution in [0.4, 0.5) is 0 Å². The van der Waals surface area contributed by atoms with Crippen molar-refractivity contribution in [2.45, 2.75) is 39.3 Å². The highest BCUT2D eigenvalue weighted by atomic mass is 32.2. The molecule has 1 aromatic heterocycles. The van der Waals surface area contributed by atoms with Crippen LogP contribution in [0.3, 0.4) is 0 Å². The molecule has 3 nitrogen and oxygen atoms in total. The van der Waals surface area contributed by atoms with Gasteiger partial charge in [0.2, 0.25) is 0 Å². The number of rotatable bonds is 5. The average molecular weight is 253 g/mol. The molecule has 17 heavy (non-hydrogen) atoms. The lowest BCUT2D eigenvalue weighted by Gasteiger charge is -2.18. The largest absolute Gasteiger partial charge is 0.313 e. The lowest BCUT2D eigenvalue weighted by atomic mass is 9.98. The summed E-state index contributed by atoms with van der Waals surface area (Å²) in [5.74, 6) is 3.27. The molecule has 2 unspecified atom stereocenters. The third-order valence-electron chi connectivity index (χ3n) is 3.33. The SMILES string of the molecule is CCNC1CSCC1Cc1ccn(C(C)C)n1. The molecule has 2 heterocycles. The second-order valence-corrected chi connectivity index (χ2v) is 6.12. The zero-order chi connectivity index (χ0) is 12.3. The molecule has 2 atom stereocenters. The zero-order valence-corrected chi connectivity index (χ0v) is 11.8. The van der Waals surface area contributed by atoms with Crippen molar-refractivity contribution in [2.75, 3.05) is 18.1 Å². The number of aromatic nitrogens is 2. The van der Waals surface area contributed by atoms with E-state index in [1.165, 1.54) is 17.2 Å². The number of hydrogen-bond acceptors (Lipinski definition) is 3. The maximum absolute atomic E-state index is 4.65. The van der Waals surface area contributed by atoms with Crippen molar-refractivity contribution in [3.63, 3.8) is 0 Å². The summed E-state index contributed by atoms with van der Waals surface area (Å²) in [6.07, 6.45) is 3.22. The number of hydrogen-bond donors (Lipinski definition) is 1. The summed E-state index contributed by atoms with van der Waals surface area (Å²) in [5.41, 5.74) is 1.24. The van der Waals surface area contributed by atoms with Crippen molar-refractivity contribution >= 4 is 11.8 Å². The van der Waals surface area contributed by atoms with E-state index >= 15 is 0 Å². The van der Waals surface area contributed by atoms with Gasteiger partial charge in [0, 0.05) is 24.0 Å². The minimum atomic E-state index is 0.464. The smallest absolute Gasteiger partial charge is 0.0628 e. The molecule has 1 fully saturated rings. The van der Waals surface area contributed by atoms with E-state index in [4.69, 9.17) is 0 Å². The molecule has 0 aromatic carbocycles. The topological polar surface area (TPSA) is 29.9 Å². The maximum Gasteiger partial charge on any atom is 0.0628 e. The fraction of sp³-hybridized carbons (Fsp3) is 0.769. The summed E-state index contributed by atoms with van der Waals surface area (Å²) in [6, 6.07) is 3.31. The van der Waals surface area contributed by atoms with E-state index in [-0.39, 0.29) is 0 Å². The molecular formula is C13H23N3S. The molecule has 0 saturated carbocycles. The average Bonchev–Trinajstić information content (AvgIpc) is 2.90. The van der Waals surface area contributed by atoms with Gasteiger partial charge in [-0.3, -0.25) is 4.68 Å². The van der Waals surface area contributed by atoms with E-state index in [1.54, 1.807) is 0 Å². The van der Waals surface area contributed by atoms with Crippen molar-refractivity contribution in [1.82, 2.24) is 15.1 Å². The first-order valence-corrected chi connectivity index (χ1v) is 7.71. The Morgan fingerprint density at radius 3 is 3.00 bits per heavy atom. The van der Waals surface area contributed by atoms with Crippen LogP contribution in [0.5, 0.6) is 0 Å². The quantitative estimate of drug-likeness (QED) is 0.873. The van der Waals surface area contributed by atoms with Crippen LogP contribution in [0.15, 0.2) is 12.3 Å². The monoisotopic (exact) mass is 253 g/mol. The highest BCUT2D eigenvalue weighted by molar-refractivity contribution is 7.99. The summed E-state index contributed by atoms with van der Waals surface area (Å²) < 4.78 is 2.06. The third kappa shape index (κ3) is 3.26. The Morgan fingerprint density at radius 2 is 2.35 bits per heavy atom. The summed E-state index contributed by atoms with van der Waals surface area (Å²) in [4.78, 5) is 0. The highest BCUT2D eigenvalue weighted by Gasteiger charge is 2.27.